The second kappa shape index (κ2) is 15.5. The predicted octanol–water partition coefficient (Wildman–Crippen LogP) is 5.87. The van der Waals surface area contributed by atoms with E-state index >= 15 is 0 Å². The summed E-state index contributed by atoms with van der Waals surface area (Å²) in [4.78, 5) is 15.9. The molecule has 10 nitrogen and oxygen atoms in total. The third-order valence-electron chi connectivity index (χ3n) is 7.69. The summed E-state index contributed by atoms with van der Waals surface area (Å²) < 4.78 is 24.6. The number of nitrogens with two attached hydrogens (primary N) is 1. The van der Waals surface area contributed by atoms with Crippen LogP contribution in [0.15, 0.2) is 73.1 Å². The zero-order valence-electron chi connectivity index (χ0n) is 25.4. The molecule has 0 bridgehead atoms. The van der Waals surface area contributed by atoms with Crippen LogP contribution in [0.5, 0.6) is 23.0 Å². The number of para-hydroxylation sites is 2. The smallest absolute Gasteiger partial charge is 0.320 e. The van der Waals surface area contributed by atoms with Crippen LogP contribution in [0.3, 0.4) is 0 Å². The Morgan fingerprint density at radius 3 is 2.70 bits per heavy atom. The molecule has 2 unspecified atom stereocenters. The van der Waals surface area contributed by atoms with Gasteiger partial charge in [-0.2, -0.15) is 5.26 Å². The highest BCUT2D eigenvalue weighted by molar-refractivity contribution is 6.32. The van der Waals surface area contributed by atoms with Gasteiger partial charge in [-0.15, -0.1) is 0 Å². The summed E-state index contributed by atoms with van der Waals surface area (Å²) in [5, 5.41) is 22.3. The van der Waals surface area contributed by atoms with Crippen LogP contribution in [-0.4, -0.2) is 35.3 Å². The number of nitriles is 1. The van der Waals surface area contributed by atoms with Crippen molar-refractivity contribution in [3.8, 4) is 29.1 Å². The number of pyridine rings is 1. The number of aromatic nitrogens is 1. The Balaban J connectivity index is 1.35. The molecule has 46 heavy (non-hydrogen) atoms. The minimum atomic E-state index is -0.964. The number of carboxylic acids is 1. The summed E-state index contributed by atoms with van der Waals surface area (Å²) in [6.45, 7) is 3.35. The first-order chi connectivity index (χ1) is 22.4. The Kier molecular flexibility index (Phi) is 10.9. The molecule has 2 heterocycles. The zero-order valence-corrected chi connectivity index (χ0v) is 26.1. The third kappa shape index (κ3) is 8.06. The number of nitrogens with one attached hydrogen (secondary N) is 1. The minimum absolute atomic E-state index is 0.125. The quantitative estimate of drug-likeness (QED) is 0.152. The molecule has 11 heteroatoms. The first-order valence-electron chi connectivity index (χ1n) is 14.9. The van der Waals surface area contributed by atoms with Crippen molar-refractivity contribution in [3.63, 3.8) is 0 Å². The summed E-state index contributed by atoms with van der Waals surface area (Å²) in [6.07, 6.45) is 3.78. The van der Waals surface area contributed by atoms with E-state index in [-0.39, 0.29) is 25.9 Å². The van der Waals surface area contributed by atoms with E-state index in [1.54, 1.807) is 24.4 Å². The van der Waals surface area contributed by atoms with Crippen molar-refractivity contribution < 1.29 is 28.8 Å². The maximum absolute atomic E-state index is 11.8. The van der Waals surface area contributed by atoms with Gasteiger partial charge in [0.15, 0.2) is 17.6 Å². The maximum atomic E-state index is 11.8. The lowest BCUT2D eigenvalue weighted by Crippen LogP contribution is -2.36. The average molecular weight is 643 g/mol. The molecule has 1 aromatic heterocycles. The van der Waals surface area contributed by atoms with Crippen LogP contribution < -0.4 is 30.0 Å². The van der Waals surface area contributed by atoms with E-state index in [2.05, 4.69) is 16.4 Å². The average Bonchev–Trinajstić information content (AvgIpc) is 3.07. The van der Waals surface area contributed by atoms with Gasteiger partial charge in [-0.3, -0.25) is 9.78 Å². The first-order valence-corrected chi connectivity index (χ1v) is 15.3. The summed E-state index contributed by atoms with van der Waals surface area (Å²) in [5.41, 5.74) is 10.3. The standard InChI is InChI=1S/C35H35ClN4O6/c1-22-25(6-4-7-27(22)34-21-45-30-9-2-3-10-31(30)46-34)20-44-33-14-32(43-19-24-12-23(15-38)16-39-17-24)26(13-28(33)36)18-40-29(35(41)42)8-5-11-37/h2-4,6-7,9-10,12-14,16-17,29,34,40H,5,8,11,18-21,37H2,1H3,(H,41,42). The van der Waals surface area contributed by atoms with Crippen LogP contribution in [0.4, 0.5) is 0 Å². The highest BCUT2D eigenvalue weighted by atomic mass is 35.5. The number of nitrogens with zero attached hydrogens (tertiary/aromatic N) is 2. The van der Waals surface area contributed by atoms with Crippen molar-refractivity contribution in [2.75, 3.05) is 13.2 Å². The van der Waals surface area contributed by atoms with Crippen molar-refractivity contribution >= 4 is 17.6 Å². The summed E-state index contributed by atoms with van der Waals surface area (Å²) >= 11 is 6.70. The second-order valence-corrected chi connectivity index (χ2v) is 11.3. The number of benzene rings is 3. The van der Waals surface area contributed by atoms with E-state index in [9.17, 15) is 15.2 Å². The van der Waals surface area contributed by atoms with E-state index in [1.807, 2.05) is 49.4 Å². The van der Waals surface area contributed by atoms with E-state index in [0.29, 0.717) is 65.0 Å². The zero-order chi connectivity index (χ0) is 32.5. The van der Waals surface area contributed by atoms with Crippen molar-refractivity contribution in [2.45, 2.75) is 51.7 Å². The molecule has 4 aromatic rings. The molecule has 1 aliphatic heterocycles. The van der Waals surface area contributed by atoms with Crippen LogP contribution in [0.1, 0.15) is 52.3 Å². The van der Waals surface area contributed by atoms with Crippen LogP contribution in [0.25, 0.3) is 0 Å². The Bertz CT molecular complexity index is 1730. The monoisotopic (exact) mass is 642 g/mol. The molecule has 1 aliphatic rings. The molecular formula is C35H35ClN4O6. The first kappa shape index (κ1) is 32.6. The largest absolute Gasteiger partial charge is 0.488 e. The number of rotatable bonds is 14. The number of carboxylic acid groups (broad SMARTS) is 1. The lowest BCUT2D eigenvalue weighted by molar-refractivity contribution is -0.139. The van der Waals surface area contributed by atoms with Gasteiger partial charge < -0.3 is 35.1 Å². The molecule has 0 saturated carbocycles. The Morgan fingerprint density at radius 2 is 1.91 bits per heavy atom. The molecule has 238 valence electrons. The van der Waals surface area contributed by atoms with Crippen LogP contribution >= 0.6 is 11.6 Å². The SMILES string of the molecule is Cc1c(COc2cc(OCc3cncc(C#N)c3)c(CNC(CCCN)C(=O)O)cc2Cl)cccc1C1COc2ccccc2O1. The lowest BCUT2D eigenvalue weighted by atomic mass is 9.98. The number of halogens is 1. The van der Waals surface area contributed by atoms with Gasteiger partial charge in [0.05, 0.1) is 10.6 Å². The molecule has 3 aromatic carbocycles. The molecule has 0 radical (unpaired) electrons. The van der Waals surface area contributed by atoms with Crippen LogP contribution in [-0.2, 0) is 24.6 Å². The molecule has 4 N–H and O–H groups in total. The van der Waals surface area contributed by atoms with Crippen molar-refractivity contribution in [2.24, 2.45) is 5.73 Å². The highest BCUT2D eigenvalue weighted by Crippen LogP contribution is 2.38. The molecule has 0 saturated heterocycles. The Hall–Kier alpha value is -4.82. The minimum Gasteiger partial charge on any atom is -0.488 e. The summed E-state index contributed by atoms with van der Waals surface area (Å²) in [5.74, 6) is 1.32. The van der Waals surface area contributed by atoms with E-state index in [1.165, 1.54) is 6.20 Å². The number of carbonyl (C=O) groups is 1. The van der Waals surface area contributed by atoms with Crippen LogP contribution in [0, 0.1) is 18.3 Å². The Labute approximate surface area is 272 Å². The van der Waals surface area contributed by atoms with Gasteiger partial charge in [0.2, 0.25) is 0 Å². The fourth-order valence-electron chi connectivity index (χ4n) is 5.15. The highest BCUT2D eigenvalue weighted by Gasteiger charge is 2.25. The number of hydrogen-bond donors (Lipinski definition) is 3. The molecule has 0 spiro atoms. The predicted molar refractivity (Wildman–Crippen MR) is 172 cm³/mol. The van der Waals surface area contributed by atoms with Crippen molar-refractivity contribution in [3.05, 3.63) is 111 Å². The number of fused-ring (bicyclic) bond motifs is 1. The van der Waals surface area contributed by atoms with Gasteiger partial charge in [-0.1, -0.05) is 41.9 Å². The normalized spacial score (nSPS) is 14.3. The molecule has 2 atom stereocenters. The van der Waals surface area contributed by atoms with Gasteiger partial charge in [-0.25, -0.2) is 0 Å². The second-order valence-electron chi connectivity index (χ2n) is 10.9. The fourth-order valence-corrected chi connectivity index (χ4v) is 5.39. The molecule has 0 aliphatic carbocycles. The summed E-state index contributed by atoms with van der Waals surface area (Å²) in [7, 11) is 0. The van der Waals surface area contributed by atoms with Gasteiger partial charge >= 0.3 is 5.97 Å². The van der Waals surface area contributed by atoms with Gasteiger partial charge in [0, 0.05) is 36.1 Å². The fraction of sp³-hybridized carbons (Fsp3) is 0.286. The lowest BCUT2D eigenvalue weighted by Gasteiger charge is -2.28. The molecular weight excluding hydrogens is 608 g/mol. The Morgan fingerprint density at radius 1 is 1.11 bits per heavy atom. The topological polar surface area (TPSA) is 149 Å². The van der Waals surface area contributed by atoms with E-state index in [0.717, 1.165) is 22.4 Å². The third-order valence-corrected chi connectivity index (χ3v) is 7.99. The van der Waals surface area contributed by atoms with Crippen LogP contribution in [0.2, 0.25) is 5.02 Å². The maximum Gasteiger partial charge on any atom is 0.320 e. The number of ether oxygens (including phenoxy) is 4. The van der Waals surface area contributed by atoms with Gasteiger partial charge in [0.25, 0.3) is 0 Å². The van der Waals surface area contributed by atoms with E-state index in [4.69, 9.17) is 36.3 Å². The summed E-state index contributed by atoms with van der Waals surface area (Å²) in [6, 6.07) is 20.0. The molecule has 0 fully saturated rings. The molecule has 5 rings (SSSR count). The van der Waals surface area contributed by atoms with Gasteiger partial charge in [-0.05, 0) is 67.3 Å². The number of aliphatic carboxylic acids is 1. The molecule has 0 amide bonds. The van der Waals surface area contributed by atoms with Crippen molar-refractivity contribution in [1.29, 1.82) is 5.26 Å². The van der Waals surface area contributed by atoms with Crippen molar-refractivity contribution in [1.82, 2.24) is 10.3 Å². The number of hydrogen-bond acceptors (Lipinski definition) is 9. The van der Waals surface area contributed by atoms with Gasteiger partial charge in [0.1, 0.15) is 43.4 Å². The van der Waals surface area contributed by atoms with E-state index < -0.39 is 12.0 Å².